The SMILES string of the molecule is C[Si](C)(C)c1ccc(CSc2ccc(Cl)cc2)cc1. The Bertz CT molecular complexity index is 526. The first-order valence-corrected chi connectivity index (χ1v) is 11.3. The van der Waals surface area contributed by atoms with E-state index in [0.29, 0.717) is 0 Å². The molecule has 0 radical (unpaired) electrons. The highest BCUT2D eigenvalue weighted by Crippen LogP contribution is 2.24. The molecule has 0 aliphatic rings. The summed E-state index contributed by atoms with van der Waals surface area (Å²) in [4.78, 5) is 1.26. The van der Waals surface area contributed by atoms with Gasteiger partial charge >= 0.3 is 0 Å². The molecule has 0 N–H and O–H groups in total. The minimum Gasteiger partial charge on any atom is -0.121 e. The van der Waals surface area contributed by atoms with Gasteiger partial charge < -0.3 is 0 Å². The Hall–Kier alpha value is -0.703. The number of benzene rings is 2. The van der Waals surface area contributed by atoms with Crippen LogP contribution in [0.15, 0.2) is 53.4 Å². The lowest BCUT2D eigenvalue weighted by molar-refractivity contribution is 1.38. The minimum atomic E-state index is -1.17. The fourth-order valence-corrected chi connectivity index (χ4v) is 3.95. The Morgan fingerprint density at radius 3 is 2.00 bits per heavy atom. The van der Waals surface area contributed by atoms with Crippen molar-refractivity contribution >= 4 is 36.6 Å². The van der Waals surface area contributed by atoms with Crippen molar-refractivity contribution < 1.29 is 0 Å². The monoisotopic (exact) mass is 306 g/mol. The summed E-state index contributed by atoms with van der Waals surface area (Å²) in [5, 5.41) is 2.32. The zero-order chi connectivity index (χ0) is 13.9. The van der Waals surface area contributed by atoms with Crippen molar-refractivity contribution in [2.75, 3.05) is 0 Å². The lowest BCUT2D eigenvalue weighted by Crippen LogP contribution is -2.37. The van der Waals surface area contributed by atoms with Crippen LogP contribution in [0.3, 0.4) is 0 Å². The summed E-state index contributed by atoms with van der Waals surface area (Å²) in [7, 11) is -1.17. The first kappa shape index (κ1) is 14.7. The maximum atomic E-state index is 5.88. The lowest BCUT2D eigenvalue weighted by Gasteiger charge is -2.16. The second-order valence-corrected chi connectivity index (χ2v) is 12.3. The van der Waals surface area contributed by atoms with Crippen molar-refractivity contribution in [3.05, 3.63) is 59.1 Å². The number of rotatable bonds is 4. The van der Waals surface area contributed by atoms with E-state index in [1.54, 1.807) is 0 Å². The highest BCUT2D eigenvalue weighted by atomic mass is 35.5. The van der Waals surface area contributed by atoms with E-state index < -0.39 is 8.07 Å². The van der Waals surface area contributed by atoms with Gasteiger partial charge in [-0.3, -0.25) is 0 Å². The minimum absolute atomic E-state index is 0.795. The van der Waals surface area contributed by atoms with Crippen molar-refractivity contribution in [2.45, 2.75) is 30.3 Å². The highest BCUT2D eigenvalue weighted by Gasteiger charge is 2.15. The van der Waals surface area contributed by atoms with Crippen LogP contribution >= 0.6 is 23.4 Å². The maximum absolute atomic E-state index is 5.88. The molecular formula is C16H19ClSSi. The molecule has 0 nitrogen and oxygen atoms in total. The summed E-state index contributed by atoms with van der Waals surface area (Å²) in [6, 6.07) is 17.1. The average molecular weight is 307 g/mol. The van der Waals surface area contributed by atoms with Crippen LogP contribution in [-0.4, -0.2) is 8.07 Å². The molecule has 0 bridgehead atoms. The maximum Gasteiger partial charge on any atom is 0.0775 e. The molecule has 0 unspecified atom stereocenters. The van der Waals surface area contributed by atoms with Crippen LogP contribution < -0.4 is 5.19 Å². The van der Waals surface area contributed by atoms with Gasteiger partial charge in [0.05, 0.1) is 8.07 Å². The van der Waals surface area contributed by atoms with Crippen LogP contribution in [0.25, 0.3) is 0 Å². The Balaban J connectivity index is 1.98. The molecule has 0 atom stereocenters. The molecule has 2 rings (SSSR count). The van der Waals surface area contributed by atoms with Crippen molar-refractivity contribution in [3.63, 3.8) is 0 Å². The van der Waals surface area contributed by atoms with Crippen molar-refractivity contribution in [3.8, 4) is 0 Å². The molecule has 2 aromatic carbocycles. The summed E-state index contributed by atoms with van der Waals surface area (Å²) < 4.78 is 0. The van der Waals surface area contributed by atoms with Gasteiger partial charge in [-0.2, -0.15) is 0 Å². The highest BCUT2D eigenvalue weighted by molar-refractivity contribution is 7.98. The average Bonchev–Trinajstić information content (AvgIpc) is 2.37. The van der Waals surface area contributed by atoms with E-state index in [9.17, 15) is 0 Å². The second kappa shape index (κ2) is 6.17. The van der Waals surface area contributed by atoms with Gasteiger partial charge in [0.25, 0.3) is 0 Å². The third-order valence-corrected chi connectivity index (χ3v) is 6.44. The molecule has 0 aliphatic heterocycles. The molecule has 0 fully saturated rings. The van der Waals surface area contributed by atoms with Crippen LogP contribution in [0, 0.1) is 0 Å². The lowest BCUT2D eigenvalue weighted by atomic mass is 10.2. The van der Waals surface area contributed by atoms with Crippen LogP contribution in [0.1, 0.15) is 5.56 Å². The summed E-state index contributed by atoms with van der Waals surface area (Å²) in [5.41, 5.74) is 1.38. The van der Waals surface area contributed by atoms with Gasteiger partial charge in [-0.05, 0) is 29.8 Å². The van der Waals surface area contributed by atoms with Crippen LogP contribution in [0.2, 0.25) is 24.7 Å². The largest absolute Gasteiger partial charge is 0.121 e. The summed E-state index contributed by atoms with van der Waals surface area (Å²) in [6.45, 7) is 7.14. The Morgan fingerprint density at radius 2 is 1.47 bits per heavy atom. The molecule has 0 spiro atoms. The predicted molar refractivity (Wildman–Crippen MR) is 90.4 cm³/mol. The third kappa shape index (κ3) is 4.41. The fourth-order valence-electron chi connectivity index (χ4n) is 1.80. The molecule has 19 heavy (non-hydrogen) atoms. The van der Waals surface area contributed by atoms with E-state index in [4.69, 9.17) is 11.6 Å². The van der Waals surface area contributed by atoms with E-state index in [2.05, 4.69) is 56.0 Å². The van der Waals surface area contributed by atoms with Crippen LogP contribution in [-0.2, 0) is 5.75 Å². The third-order valence-electron chi connectivity index (χ3n) is 3.04. The molecule has 2 aromatic rings. The molecule has 100 valence electrons. The molecule has 0 aromatic heterocycles. The van der Waals surface area contributed by atoms with Gasteiger partial charge in [0, 0.05) is 15.7 Å². The van der Waals surface area contributed by atoms with E-state index in [1.807, 2.05) is 23.9 Å². The molecule has 3 heteroatoms. The van der Waals surface area contributed by atoms with Gasteiger partial charge in [0.15, 0.2) is 0 Å². The first-order chi connectivity index (χ1) is 8.95. The molecule has 0 saturated heterocycles. The van der Waals surface area contributed by atoms with Crippen LogP contribution in [0.4, 0.5) is 0 Å². The normalized spacial score (nSPS) is 11.6. The number of halogens is 1. The Morgan fingerprint density at radius 1 is 0.895 bits per heavy atom. The van der Waals surface area contributed by atoms with Crippen LogP contribution in [0.5, 0.6) is 0 Å². The number of thioether (sulfide) groups is 1. The van der Waals surface area contributed by atoms with Crippen molar-refractivity contribution in [2.24, 2.45) is 0 Å². The van der Waals surface area contributed by atoms with Gasteiger partial charge in [0.1, 0.15) is 0 Å². The summed E-state index contributed by atoms with van der Waals surface area (Å²) in [5.74, 6) is 1.01. The van der Waals surface area contributed by atoms with Gasteiger partial charge in [-0.25, -0.2) is 0 Å². The van der Waals surface area contributed by atoms with E-state index >= 15 is 0 Å². The first-order valence-electron chi connectivity index (χ1n) is 6.43. The predicted octanol–water partition coefficient (Wildman–Crippen LogP) is 5.18. The van der Waals surface area contributed by atoms with E-state index in [-0.39, 0.29) is 0 Å². The molecule has 0 aliphatic carbocycles. The topological polar surface area (TPSA) is 0 Å². The molecular weight excluding hydrogens is 288 g/mol. The quantitative estimate of drug-likeness (QED) is 0.554. The van der Waals surface area contributed by atoms with Crippen molar-refractivity contribution in [1.29, 1.82) is 0 Å². The molecule has 0 amide bonds. The number of hydrogen-bond donors (Lipinski definition) is 0. The Labute approximate surface area is 126 Å². The second-order valence-electron chi connectivity index (χ2n) is 5.69. The Kier molecular flexibility index (Phi) is 4.77. The fraction of sp³-hybridized carbons (Fsp3) is 0.250. The zero-order valence-corrected chi connectivity index (χ0v) is 14.2. The van der Waals surface area contributed by atoms with Gasteiger partial charge in [0.2, 0.25) is 0 Å². The summed E-state index contributed by atoms with van der Waals surface area (Å²) >= 11 is 7.73. The van der Waals surface area contributed by atoms with E-state index in [1.165, 1.54) is 15.6 Å². The standard InChI is InChI=1S/C16H19ClSSi/c1-19(2,3)16-10-4-13(5-11-16)12-18-15-8-6-14(17)7-9-15/h4-11H,12H2,1-3H3. The zero-order valence-electron chi connectivity index (χ0n) is 11.6. The number of hydrogen-bond acceptors (Lipinski definition) is 1. The van der Waals surface area contributed by atoms with E-state index in [0.717, 1.165) is 10.8 Å². The molecule has 0 heterocycles. The van der Waals surface area contributed by atoms with Gasteiger partial charge in [-0.1, -0.05) is 60.7 Å². The smallest absolute Gasteiger partial charge is 0.0775 e. The molecule has 0 saturated carbocycles. The van der Waals surface area contributed by atoms with Crippen molar-refractivity contribution in [1.82, 2.24) is 0 Å². The summed E-state index contributed by atoms with van der Waals surface area (Å²) in [6.07, 6.45) is 0. The van der Waals surface area contributed by atoms with Gasteiger partial charge in [-0.15, -0.1) is 11.8 Å².